The van der Waals surface area contributed by atoms with Gasteiger partial charge in [0.05, 0.1) is 11.1 Å². The molecule has 0 radical (unpaired) electrons. The molecular formula is C58H54N2O. The van der Waals surface area contributed by atoms with Gasteiger partial charge >= 0.3 is 0 Å². The number of fused-ring (bicyclic) bond motifs is 3. The molecule has 0 aliphatic heterocycles. The standard InChI is InChI=1S/C58H54N2O/c1-4-13-42(14-5-1)43-23-29-50(30-24-43)59(48-15-6-2-7-16-48)51-31-25-44(26-32-51)58(46-36-40-35-41(38-46)39-47(58)37-40)45-27-33-52(34-28-45)60(49-17-8-3-9-18-49)54-20-12-22-56-57(54)53-19-10-11-21-55(53)61-56/h2-3,6-12,15-34,40-42,46-47H,1,4-5,13-14,35-39H2. The number of hydrogen-bond acceptors (Lipinski definition) is 3. The second-order valence-corrected chi connectivity index (χ2v) is 18.8. The minimum atomic E-state index is -0.0119. The molecule has 1 aromatic heterocycles. The van der Waals surface area contributed by atoms with Crippen molar-refractivity contribution in [3.8, 4) is 0 Å². The van der Waals surface area contributed by atoms with Crippen LogP contribution in [-0.2, 0) is 5.41 Å². The summed E-state index contributed by atoms with van der Waals surface area (Å²) in [7, 11) is 0. The Bertz CT molecular complexity index is 2750. The fourth-order valence-electron chi connectivity index (χ4n) is 13.1. The number of rotatable bonds is 9. The average Bonchev–Trinajstić information content (AvgIpc) is 3.71. The molecule has 4 bridgehead atoms. The molecule has 7 aromatic carbocycles. The molecule has 5 fully saturated rings. The van der Waals surface area contributed by atoms with Gasteiger partial charge in [-0.2, -0.15) is 0 Å². The first kappa shape index (κ1) is 36.8. The van der Waals surface area contributed by atoms with Crippen LogP contribution < -0.4 is 9.80 Å². The van der Waals surface area contributed by atoms with Crippen LogP contribution in [0.1, 0.15) is 86.8 Å². The van der Waals surface area contributed by atoms with Gasteiger partial charge in [0.2, 0.25) is 0 Å². The highest BCUT2D eigenvalue weighted by atomic mass is 16.3. The lowest BCUT2D eigenvalue weighted by atomic mass is 9.42. The molecule has 0 unspecified atom stereocenters. The van der Waals surface area contributed by atoms with E-state index in [1.807, 2.05) is 0 Å². The van der Waals surface area contributed by atoms with Crippen molar-refractivity contribution in [2.75, 3.05) is 9.80 Å². The van der Waals surface area contributed by atoms with Crippen molar-refractivity contribution in [3.05, 3.63) is 193 Å². The van der Waals surface area contributed by atoms with Crippen molar-refractivity contribution in [1.82, 2.24) is 0 Å². The lowest BCUT2D eigenvalue weighted by Gasteiger charge is -2.62. The van der Waals surface area contributed by atoms with E-state index in [-0.39, 0.29) is 5.41 Å². The van der Waals surface area contributed by atoms with Crippen LogP contribution in [0, 0.1) is 23.7 Å². The van der Waals surface area contributed by atoms with E-state index in [1.54, 1.807) is 0 Å². The van der Waals surface area contributed by atoms with E-state index in [0.29, 0.717) is 17.8 Å². The predicted octanol–water partition coefficient (Wildman–Crippen LogP) is 16.3. The van der Waals surface area contributed by atoms with Crippen LogP contribution in [0.2, 0.25) is 0 Å². The Labute approximate surface area is 360 Å². The summed E-state index contributed by atoms with van der Waals surface area (Å²) < 4.78 is 6.40. The highest BCUT2D eigenvalue weighted by Crippen LogP contribution is 2.65. The molecule has 8 aromatic rings. The van der Waals surface area contributed by atoms with Gasteiger partial charge in [-0.1, -0.05) is 116 Å². The maximum absolute atomic E-state index is 6.40. The van der Waals surface area contributed by atoms with Crippen LogP contribution in [0.3, 0.4) is 0 Å². The third-order valence-corrected chi connectivity index (χ3v) is 15.5. The molecule has 3 heteroatoms. The topological polar surface area (TPSA) is 19.6 Å². The van der Waals surface area contributed by atoms with Crippen LogP contribution in [-0.4, -0.2) is 0 Å². The molecule has 61 heavy (non-hydrogen) atoms. The molecule has 1 heterocycles. The predicted molar refractivity (Wildman–Crippen MR) is 253 cm³/mol. The Hall–Kier alpha value is -6.06. The van der Waals surface area contributed by atoms with Gasteiger partial charge < -0.3 is 14.2 Å². The third kappa shape index (κ3) is 6.22. The monoisotopic (exact) mass is 794 g/mol. The maximum atomic E-state index is 6.40. The molecule has 3 nitrogen and oxygen atoms in total. The Morgan fingerprint density at radius 3 is 1.51 bits per heavy atom. The van der Waals surface area contributed by atoms with Gasteiger partial charge in [0, 0.05) is 39.2 Å². The second kappa shape index (κ2) is 15.1. The zero-order chi connectivity index (χ0) is 40.3. The lowest BCUT2D eigenvalue weighted by molar-refractivity contribution is -0.0418. The van der Waals surface area contributed by atoms with Gasteiger partial charge in [0.15, 0.2) is 0 Å². The molecule has 5 aliphatic carbocycles. The Morgan fingerprint density at radius 2 is 0.902 bits per heavy atom. The first-order valence-corrected chi connectivity index (χ1v) is 23.1. The van der Waals surface area contributed by atoms with Crippen LogP contribution in [0.4, 0.5) is 34.1 Å². The number of furan rings is 1. The van der Waals surface area contributed by atoms with Crippen molar-refractivity contribution in [1.29, 1.82) is 0 Å². The quantitative estimate of drug-likeness (QED) is 0.145. The molecule has 0 atom stereocenters. The summed E-state index contributed by atoms with van der Waals surface area (Å²) in [6.45, 7) is 0. The zero-order valence-corrected chi connectivity index (χ0v) is 35.0. The first-order valence-electron chi connectivity index (χ1n) is 23.1. The maximum Gasteiger partial charge on any atom is 0.137 e. The molecule has 0 saturated heterocycles. The SMILES string of the molecule is c1ccc(N(c2ccc(C3CCCCC3)cc2)c2ccc(C3(c4ccc(N(c5ccccc5)c5cccc6oc7ccccc7c56)cc4)C4CC5CC(C4)CC3C5)cc2)cc1. The second-order valence-electron chi connectivity index (χ2n) is 18.8. The van der Waals surface area contributed by atoms with Crippen molar-refractivity contribution >= 4 is 56.1 Å². The Morgan fingerprint density at radius 1 is 0.410 bits per heavy atom. The molecular weight excluding hydrogens is 741 g/mol. The molecule has 302 valence electrons. The smallest absolute Gasteiger partial charge is 0.137 e. The van der Waals surface area contributed by atoms with E-state index in [1.165, 1.54) is 98.0 Å². The fourth-order valence-corrected chi connectivity index (χ4v) is 13.1. The normalized spacial score (nSPS) is 23.4. The van der Waals surface area contributed by atoms with Gasteiger partial charge in [-0.25, -0.2) is 0 Å². The Balaban J connectivity index is 0.947. The summed E-state index contributed by atoms with van der Waals surface area (Å²) in [6.07, 6.45) is 13.5. The summed E-state index contributed by atoms with van der Waals surface area (Å²) in [5, 5.41) is 2.29. The van der Waals surface area contributed by atoms with E-state index in [4.69, 9.17) is 4.42 Å². The molecule has 5 aliphatic rings. The lowest BCUT2D eigenvalue weighted by Crippen LogP contribution is -2.56. The van der Waals surface area contributed by atoms with Gasteiger partial charge in [-0.05, 0) is 170 Å². The van der Waals surface area contributed by atoms with Crippen molar-refractivity contribution < 1.29 is 4.42 Å². The molecule has 0 spiro atoms. The molecule has 13 rings (SSSR count). The van der Waals surface area contributed by atoms with Crippen LogP contribution in [0.15, 0.2) is 180 Å². The summed E-state index contributed by atoms with van der Waals surface area (Å²) in [5.74, 6) is 3.74. The van der Waals surface area contributed by atoms with Crippen LogP contribution in [0.25, 0.3) is 21.9 Å². The number of anilines is 6. The van der Waals surface area contributed by atoms with Crippen LogP contribution in [0.5, 0.6) is 0 Å². The Kier molecular flexibility index (Phi) is 9.12. The molecule has 0 amide bonds. The number of nitrogens with zero attached hydrogens (tertiary/aromatic N) is 2. The van der Waals surface area contributed by atoms with E-state index in [9.17, 15) is 0 Å². The summed E-state index contributed by atoms with van der Waals surface area (Å²) in [5.41, 5.74) is 13.4. The largest absolute Gasteiger partial charge is 0.456 e. The minimum absolute atomic E-state index is 0.0119. The first-order chi connectivity index (χ1) is 30.2. The van der Waals surface area contributed by atoms with Gasteiger partial charge in [0.25, 0.3) is 0 Å². The zero-order valence-electron chi connectivity index (χ0n) is 35.0. The van der Waals surface area contributed by atoms with Gasteiger partial charge in [-0.15, -0.1) is 0 Å². The van der Waals surface area contributed by atoms with E-state index < -0.39 is 0 Å². The van der Waals surface area contributed by atoms with Crippen molar-refractivity contribution in [3.63, 3.8) is 0 Å². The van der Waals surface area contributed by atoms with Crippen molar-refractivity contribution in [2.45, 2.75) is 75.5 Å². The van der Waals surface area contributed by atoms with E-state index in [2.05, 4.69) is 186 Å². The molecule has 5 saturated carbocycles. The van der Waals surface area contributed by atoms with E-state index >= 15 is 0 Å². The van der Waals surface area contributed by atoms with E-state index in [0.717, 1.165) is 50.8 Å². The summed E-state index contributed by atoms with van der Waals surface area (Å²) >= 11 is 0. The highest BCUT2D eigenvalue weighted by Gasteiger charge is 2.58. The van der Waals surface area contributed by atoms with Crippen LogP contribution >= 0.6 is 0 Å². The van der Waals surface area contributed by atoms with Gasteiger partial charge in [-0.3, -0.25) is 0 Å². The molecule has 0 N–H and O–H groups in total. The summed E-state index contributed by atoms with van der Waals surface area (Å²) in [4.78, 5) is 4.88. The van der Waals surface area contributed by atoms with Gasteiger partial charge in [0.1, 0.15) is 11.2 Å². The number of para-hydroxylation sites is 3. The number of hydrogen-bond donors (Lipinski definition) is 0. The third-order valence-electron chi connectivity index (χ3n) is 15.5. The number of benzene rings is 7. The summed E-state index contributed by atoms with van der Waals surface area (Å²) in [6, 6.07) is 65.9. The highest BCUT2D eigenvalue weighted by molar-refractivity contribution is 6.13. The minimum Gasteiger partial charge on any atom is -0.456 e. The average molecular weight is 795 g/mol. The fraction of sp³-hybridized carbons (Fsp3) is 0.276. The van der Waals surface area contributed by atoms with Crippen molar-refractivity contribution in [2.24, 2.45) is 23.7 Å².